The van der Waals surface area contributed by atoms with Gasteiger partial charge in [0.25, 0.3) is 0 Å². The lowest BCUT2D eigenvalue weighted by Crippen LogP contribution is -2.17. The fraction of sp³-hybridized carbons (Fsp3) is 0.353. The molecule has 2 heteroatoms. The predicted octanol–water partition coefficient (Wildman–Crippen LogP) is 3.55. The Labute approximate surface area is 114 Å². The summed E-state index contributed by atoms with van der Waals surface area (Å²) in [4.78, 5) is 11.9. The van der Waals surface area contributed by atoms with Gasteiger partial charge in [0.05, 0.1) is 0 Å². The summed E-state index contributed by atoms with van der Waals surface area (Å²) >= 11 is 0. The van der Waals surface area contributed by atoms with Crippen LogP contribution in [0.3, 0.4) is 0 Å². The van der Waals surface area contributed by atoms with Crippen molar-refractivity contribution in [1.82, 2.24) is 4.57 Å². The molecule has 0 spiro atoms. The first-order chi connectivity index (χ1) is 9.22. The lowest BCUT2D eigenvalue weighted by Gasteiger charge is -2.14. The summed E-state index contributed by atoms with van der Waals surface area (Å²) in [5, 5.41) is 0. The molecule has 0 saturated heterocycles. The van der Waals surface area contributed by atoms with Gasteiger partial charge < -0.3 is 4.57 Å². The molecular weight excluding hydrogens is 234 g/mol. The summed E-state index contributed by atoms with van der Waals surface area (Å²) in [6.45, 7) is 5.03. The monoisotopic (exact) mass is 255 g/mol. The van der Waals surface area contributed by atoms with Crippen molar-refractivity contribution < 1.29 is 0 Å². The third-order valence-electron chi connectivity index (χ3n) is 3.55. The van der Waals surface area contributed by atoms with E-state index in [2.05, 4.69) is 30.5 Å². The van der Waals surface area contributed by atoms with Crippen molar-refractivity contribution in [2.24, 2.45) is 0 Å². The highest BCUT2D eigenvalue weighted by atomic mass is 16.1. The second kappa shape index (κ2) is 6.37. The van der Waals surface area contributed by atoms with E-state index in [0.29, 0.717) is 0 Å². The van der Waals surface area contributed by atoms with Gasteiger partial charge in [-0.1, -0.05) is 43.7 Å². The second-order valence-electron chi connectivity index (χ2n) is 4.96. The van der Waals surface area contributed by atoms with Crippen molar-refractivity contribution in [1.29, 1.82) is 0 Å². The van der Waals surface area contributed by atoms with E-state index in [1.807, 2.05) is 24.4 Å². The number of pyridine rings is 1. The molecule has 100 valence electrons. The molecule has 0 amide bonds. The van der Waals surface area contributed by atoms with Gasteiger partial charge in [-0.25, -0.2) is 0 Å². The molecule has 19 heavy (non-hydrogen) atoms. The highest BCUT2D eigenvalue weighted by Gasteiger charge is 2.07. The van der Waals surface area contributed by atoms with Crippen molar-refractivity contribution in [2.75, 3.05) is 0 Å². The minimum absolute atomic E-state index is 0.176. The largest absolute Gasteiger partial charge is 0.347 e. The molecule has 0 radical (unpaired) electrons. The Kier molecular flexibility index (Phi) is 4.56. The molecule has 1 aromatic heterocycles. The van der Waals surface area contributed by atoms with Crippen LogP contribution in [0.5, 0.6) is 0 Å². The first-order valence-corrected chi connectivity index (χ1v) is 6.95. The highest BCUT2D eigenvalue weighted by molar-refractivity contribution is 5.23. The molecule has 1 heterocycles. The number of nitrogens with zero attached hydrogens (tertiary/aromatic N) is 1. The maximum Gasteiger partial charge on any atom is 0.185 e. The SMILES string of the molecule is CCCCc1c(C)n(Cc2ccccc2)ccc1=O. The van der Waals surface area contributed by atoms with Gasteiger partial charge in [-0.05, 0) is 25.3 Å². The Bertz CT molecular complexity index is 584. The van der Waals surface area contributed by atoms with Gasteiger partial charge in [0.15, 0.2) is 5.43 Å². The van der Waals surface area contributed by atoms with E-state index in [1.54, 1.807) is 6.07 Å². The Morgan fingerprint density at radius 3 is 2.53 bits per heavy atom. The number of hydrogen-bond acceptors (Lipinski definition) is 1. The number of benzene rings is 1. The van der Waals surface area contributed by atoms with E-state index in [9.17, 15) is 4.79 Å². The van der Waals surface area contributed by atoms with Crippen molar-refractivity contribution in [2.45, 2.75) is 39.7 Å². The first-order valence-electron chi connectivity index (χ1n) is 6.95. The fourth-order valence-corrected chi connectivity index (χ4v) is 2.33. The average Bonchev–Trinajstić information content (AvgIpc) is 2.43. The summed E-state index contributed by atoms with van der Waals surface area (Å²) in [5.74, 6) is 0. The van der Waals surface area contributed by atoms with E-state index in [1.165, 1.54) is 5.56 Å². The second-order valence-corrected chi connectivity index (χ2v) is 4.96. The van der Waals surface area contributed by atoms with Gasteiger partial charge in [-0.2, -0.15) is 0 Å². The summed E-state index contributed by atoms with van der Waals surface area (Å²) in [6.07, 6.45) is 4.98. The molecule has 0 N–H and O–H groups in total. The van der Waals surface area contributed by atoms with E-state index in [0.717, 1.165) is 37.1 Å². The molecule has 0 aliphatic heterocycles. The third kappa shape index (κ3) is 3.34. The van der Waals surface area contributed by atoms with Gasteiger partial charge in [-0.15, -0.1) is 0 Å². The quantitative estimate of drug-likeness (QED) is 0.801. The summed E-state index contributed by atoms with van der Waals surface area (Å²) in [6, 6.07) is 12.0. The number of rotatable bonds is 5. The van der Waals surface area contributed by atoms with E-state index in [4.69, 9.17) is 0 Å². The molecule has 2 rings (SSSR count). The van der Waals surface area contributed by atoms with E-state index >= 15 is 0 Å². The van der Waals surface area contributed by atoms with Crippen LogP contribution >= 0.6 is 0 Å². The zero-order chi connectivity index (χ0) is 13.7. The molecule has 0 fully saturated rings. The summed E-state index contributed by atoms with van der Waals surface area (Å²) < 4.78 is 2.17. The minimum atomic E-state index is 0.176. The Morgan fingerprint density at radius 2 is 1.84 bits per heavy atom. The Morgan fingerprint density at radius 1 is 1.11 bits per heavy atom. The smallest absolute Gasteiger partial charge is 0.185 e. The zero-order valence-electron chi connectivity index (χ0n) is 11.7. The van der Waals surface area contributed by atoms with E-state index < -0.39 is 0 Å². The van der Waals surface area contributed by atoms with Gasteiger partial charge >= 0.3 is 0 Å². The number of aromatic nitrogens is 1. The maximum atomic E-state index is 11.9. The van der Waals surface area contributed by atoms with Crippen LogP contribution in [0.15, 0.2) is 47.4 Å². The van der Waals surface area contributed by atoms with Crippen LogP contribution in [0, 0.1) is 6.92 Å². The molecule has 2 aromatic rings. The lowest BCUT2D eigenvalue weighted by atomic mass is 10.1. The van der Waals surface area contributed by atoms with Crippen molar-refractivity contribution in [3.05, 3.63) is 69.6 Å². The van der Waals surface area contributed by atoms with Crippen LogP contribution in [-0.2, 0) is 13.0 Å². The van der Waals surface area contributed by atoms with Crippen LogP contribution < -0.4 is 5.43 Å². The van der Waals surface area contributed by atoms with Crippen LogP contribution in [0.2, 0.25) is 0 Å². The normalized spacial score (nSPS) is 10.6. The van der Waals surface area contributed by atoms with Crippen molar-refractivity contribution in [3.8, 4) is 0 Å². The molecule has 1 aromatic carbocycles. The predicted molar refractivity (Wildman–Crippen MR) is 79.6 cm³/mol. The fourth-order valence-electron chi connectivity index (χ4n) is 2.33. The highest BCUT2D eigenvalue weighted by Crippen LogP contribution is 2.10. The van der Waals surface area contributed by atoms with Gasteiger partial charge in [0, 0.05) is 30.1 Å². The number of hydrogen-bond donors (Lipinski definition) is 0. The first kappa shape index (κ1) is 13.6. The van der Waals surface area contributed by atoms with Crippen LogP contribution in [0.4, 0.5) is 0 Å². The topological polar surface area (TPSA) is 22.0 Å². The van der Waals surface area contributed by atoms with Gasteiger partial charge in [0.1, 0.15) is 0 Å². The van der Waals surface area contributed by atoms with E-state index in [-0.39, 0.29) is 5.43 Å². The molecule has 0 unspecified atom stereocenters. The molecule has 2 nitrogen and oxygen atoms in total. The minimum Gasteiger partial charge on any atom is -0.347 e. The van der Waals surface area contributed by atoms with Crippen LogP contribution in [-0.4, -0.2) is 4.57 Å². The lowest BCUT2D eigenvalue weighted by molar-refractivity contribution is 0.718. The standard InChI is InChI=1S/C17H21NO/c1-3-4-10-16-14(2)18(12-11-17(16)19)13-15-8-6-5-7-9-15/h5-9,11-12H,3-4,10,13H2,1-2H3. The molecule has 0 aliphatic rings. The third-order valence-corrected chi connectivity index (χ3v) is 3.55. The van der Waals surface area contributed by atoms with Crippen molar-refractivity contribution >= 4 is 0 Å². The average molecular weight is 255 g/mol. The number of unbranched alkanes of at least 4 members (excludes halogenated alkanes) is 1. The van der Waals surface area contributed by atoms with Gasteiger partial charge in [-0.3, -0.25) is 4.79 Å². The van der Waals surface area contributed by atoms with Gasteiger partial charge in [0.2, 0.25) is 0 Å². The zero-order valence-corrected chi connectivity index (χ0v) is 11.7. The van der Waals surface area contributed by atoms with Crippen molar-refractivity contribution in [3.63, 3.8) is 0 Å². The molecule has 0 saturated carbocycles. The Hall–Kier alpha value is -1.83. The summed E-state index contributed by atoms with van der Waals surface area (Å²) in [5.41, 5.74) is 3.51. The molecule has 0 bridgehead atoms. The molecular formula is C17H21NO. The maximum absolute atomic E-state index is 11.9. The molecule has 0 atom stereocenters. The molecule has 0 aliphatic carbocycles. The van der Waals surface area contributed by atoms with Crippen LogP contribution in [0.1, 0.15) is 36.6 Å². The summed E-state index contributed by atoms with van der Waals surface area (Å²) in [7, 11) is 0. The van der Waals surface area contributed by atoms with Crippen LogP contribution in [0.25, 0.3) is 0 Å². The Balaban J connectivity index is 2.29.